The fraction of sp³-hybridized carbons (Fsp3) is 0.500. The topological polar surface area (TPSA) is 46.2 Å². The van der Waals surface area contributed by atoms with Gasteiger partial charge in [0.2, 0.25) is 0 Å². The zero-order valence-electron chi connectivity index (χ0n) is 11.3. The summed E-state index contributed by atoms with van der Waals surface area (Å²) in [6, 6.07) is 7.86. The molecule has 0 amide bonds. The summed E-state index contributed by atoms with van der Waals surface area (Å²) in [7, 11) is 0. The number of terminal acetylenes is 1. The van der Waals surface area contributed by atoms with E-state index >= 15 is 0 Å². The average molecular weight is 245 g/mol. The van der Waals surface area contributed by atoms with Gasteiger partial charge in [-0.3, -0.25) is 0 Å². The minimum Gasteiger partial charge on any atom is -0.385 e. The van der Waals surface area contributed by atoms with E-state index in [2.05, 4.69) is 12.8 Å². The Labute approximate surface area is 110 Å². The molecule has 0 saturated carbocycles. The van der Waals surface area contributed by atoms with Gasteiger partial charge in [-0.05, 0) is 24.0 Å². The van der Waals surface area contributed by atoms with Crippen LogP contribution >= 0.6 is 0 Å². The monoisotopic (exact) mass is 245 g/mol. The third kappa shape index (κ3) is 3.60. The molecule has 1 rings (SSSR count). The van der Waals surface area contributed by atoms with Crippen LogP contribution in [0, 0.1) is 18.3 Å². The Morgan fingerprint density at radius 3 is 2.78 bits per heavy atom. The Morgan fingerprint density at radius 1 is 1.50 bits per heavy atom. The van der Waals surface area contributed by atoms with Gasteiger partial charge in [0, 0.05) is 12.5 Å². The molecule has 2 heteroatoms. The lowest BCUT2D eigenvalue weighted by atomic mass is 9.81. The van der Waals surface area contributed by atoms with Gasteiger partial charge in [-0.25, -0.2) is 0 Å². The molecule has 0 aliphatic carbocycles. The Morgan fingerprint density at radius 2 is 2.22 bits per heavy atom. The fourth-order valence-electron chi connectivity index (χ4n) is 2.33. The van der Waals surface area contributed by atoms with Crippen LogP contribution in [0.2, 0.25) is 0 Å². The van der Waals surface area contributed by atoms with Gasteiger partial charge in [-0.1, -0.05) is 44.5 Å². The van der Waals surface area contributed by atoms with Gasteiger partial charge in [-0.2, -0.15) is 0 Å². The molecule has 1 aromatic carbocycles. The van der Waals surface area contributed by atoms with Gasteiger partial charge in [0.25, 0.3) is 0 Å². The molecule has 0 fully saturated rings. The van der Waals surface area contributed by atoms with Crippen molar-refractivity contribution in [3.8, 4) is 12.3 Å². The maximum Gasteiger partial charge on any atom is 0.0908 e. The first-order chi connectivity index (χ1) is 8.55. The molecule has 18 heavy (non-hydrogen) atoms. The molecule has 2 nitrogen and oxygen atoms in total. The maximum atomic E-state index is 10.9. The first-order valence-corrected chi connectivity index (χ1v) is 6.53. The normalized spacial score (nSPS) is 15.7. The lowest BCUT2D eigenvalue weighted by Crippen LogP contribution is -2.28. The van der Waals surface area contributed by atoms with Gasteiger partial charge >= 0.3 is 0 Å². The molecule has 0 aliphatic rings. The van der Waals surface area contributed by atoms with Crippen molar-refractivity contribution in [1.29, 1.82) is 0 Å². The average Bonchev–Trinajstić information content (AvgIpc) is 2.39. The van der Waals surface area contributed by atoms with E-state index in [4.69, 9.17) is 12.2 Å². The fourth-order valence-corrected chi connectivity index (χ4v) is 2.33. The smallest absolute Gasteiger partial charge is 0.0908 e. The van der Waals surface area contributed by atoms with Crippen LogP contribution in [-0.2, 0) is 12.1 Å². The van der Waals surface area contributed by atoms with Crippen LogP contribution < -0.4 is 5.73 Å². The van der Waals surface area contributed by atoms with Crippen molar-refractivity contribution in [2.75, 3.05) is 0 Å². The standard InChI is InChI=1S/C16H23NO/c1-4-9-16(18,11-13(3)5-2)15-8-6-7-14(10-15)12-17/h2,6-8,10,13,18H,4,9,11-12,17H2,1,3H3. The second kappa shape index (κ2) is 6.58. The number of aliphatic hydroxyl groups is 1. The van der Waals surface area contributed by atoms with Crippen LogP contribution in [0.3, 0.4) is 0 Å². The molecule has 0 spiro atoms. The molecule has 0 saturated heterocycles. The zero-order valence-corrected chi connectivity index (χ0v) is 11.3. The quantitative estimate of drug-likeness (QED) is 0.757. The van der Waals surface area contributed by atoms with Crippen LogP contribution in [0.25, 0.3) is 0 Å². The molecule has 0 heterocycles. The highest BCUT2D eigenvalue weighted by atomic mass is 16.3. The van der Waals surface area contributed by atoms with Gasteiger partial charge < -0.3 is 10.8 Å². The van der Waals surface area contributed by atoms with Crippen molar-refractivity contribution >= 4 is 0 Å². The minimum atomic E-state index is -0.842. The minimum absolute atomic E-state index is 0.0584. The molecule has 0 aromatic heterocycles. The van der Waals surface area contributed by atoms with E-state index in [0.717, 1.165) is 17.5 Å². The SMILES string of the molecule is C#CC(C)CC(O)(CCC)c1cccc(CN)c1. The molecular formula is C16H23NO. The Kier molecular flexibility index (Phi) is 5.40. The van der Waals surface area contributed by atoms with Crippen LogP contribution in [0.15, 0.2) is 24.3 Å². The Hall–Kier alpha value is -1.30. The summed E-state index contributed by atoms with van der Waals surface area (Å²) in [4.78, 5) is 0. The molecule has 1 aromatic rings. The third-order valence-electron chi connectivity index (χ3n) is 3.29. The van der Waals surface area contributed by atoms with Gasteiger partial charge in [0.15, 0.2) is 0 Å². The van der Waals surface area contributed by atoms with Gasteiger partial charge in [0.1, 0.15) is 0 Å². The molecule has 3 N–H and O–H groups in total. The second-order valence-corrected chi connectivity index (χ2v) is 4.96. The first-order valence-electron chi connectivity index (χ1n) is 6.53. The van der Waals surface area contributed by atoms with E-state index in [1.807, 2.05) is 31.2 Å². The summed E-state index contributed by atoms with van der Waals surface area (Å²) >= 11 is 0. The lowest BCUT2D eigenvalue weighted by molar-refractivity contribution is 0.00981. The van der Waals surface area contributed by atoms with Crippen LogP contribution in [-0.4, -0.2) is 5.11 Å². The van der Waals surface area contributed by atoms with Crippen molar-refractivity contribution in [3.05, 3.63) is 35.4 Å². The van der Waals surface area contributed by atoms with E-state index in [-0.39, 0.29) is 5.92 Å². The first kappa shape index (κ1) is 14.8. The molecule has 0 bridgehead atoms. The zero-order chi connectivity index (χ0) is 13.6. The predicted molar refractivity (Wildman–Crippen MR) is 75.8 cm³/mol. The molecule has 0 radical (unpaired) electrons. The highest BCUT2D eigenvalue weighted by Gasteiger charge is 2.29. The number of hydrogen-bond donors (Lipinski definition) is 2. The second-order valence-electron chi connectivity index (χ2n) is 4.96. The molecular weight excluding hydrogens is 222 g/mol. The van der Waals surface area contributed by atoms with Crippen molar-refractivity contribution in [1.82, 2.24) is 0 Å². The van der Waals surface area contributed by atoms with Crippen LogP contribution in [0.5, 0.6) is 0 Å². The van der Waals surface area contributed by atoms with E-state index < -0.39 is 5.60 Å². The van der Waals surface area contributed by atoms with Crippen molar-refractivity contribution in [2.45, 2.75) is 45.3 Å². The van der Waals surface area contributed by atoms with E-state index in [9.17, 15) is 5.11 Å². The lowest BCUT2D eigenvalue weighted by Gasteiger charge is -2.30. The predicted octanol–water partition coefficient (Wildman–Crippen LogP) is 2.79. The Bertz CT molecular complexity index is 421. The Balaban J connectivity index is 3.05. The van der Waals surface area contributed by atoms with E-state index in [0.29, 0.717) is 19.4 Å². The molecule has 98 valence electrons. The number of benzene rings is 1. The van der Waals surface area contributed by atoms with E-state index in [1.165, 1.54) is 0 Å². The number of hydrogen-bond acceptors (Lipinski definition) is 2. The molecule has 2 unspecified atom stereocenters. The highest BCUT2D eigenvalue weighted by Crippen LogP contribution is 2.33. The number of nitrogens with two attached hydrogens (primary N) is 1. The van der Waals surface area contributed by atoms with Gasteiger partial charge in [-0.15, -0.1) is 12.3 Å². The number of rotatable bonds is 6. The summed E-state index contributed by atoms with van der Waals surface area (Å²) in [6.07, 6.45) is 7.65. The van der Waals surface area contributed by atoms with Gasteiger partial charge in [0.05, 0.1) is 5.60 Å². The highest BCUT2D eigenvalue weighted by molar-refractivity contribution is 5.28. The third-order valence-corrected chi connectivity index (χ3v) is 3.29. The summed E-state index contributed by atoms with van der Waals surface area (Å²) in [5, 5.41) is 10.9. The van der Waals surface area contributed by atoms with Crippen molar-refractivity contribution < 1.29 is 5.11 Å². The van der Waals surface area contributed by atoms with Crippen LogP contribution in [0.1, 0.15) is 44.2 Å². The summed E-state index contributed by atoms with van der Waals surface area (Å²) < 4.78 is 0. The largest absolute Gasteiger partial charge is 0.385 e. The van der Waals surface area contributed by atoms with Crippen LogP contribution in [0.4, 0.5) is 0 Å². The molecule has 0 aliphatic heterocycles. The van der Waals surface area contributed by atoms with E-state index in [1.54, 1.807) is 0 Å². The summed E-state index contributed by atoms with van der Waals surface area (Å²) in [6.45, 7) is 4.52. The summed E-state index contributed by atoms with van der Waals surface area (Å²) in [5.74, 6) is 2.75. The maximum absolute atomic E-state index is 10.9. The molecule has 2 atom stereocenters. The summed E-state index contributed by atoms with van der Waals surface area (Å²) in [5.41, 5.74) is 6.77. The van der Waals surface area contributed by atoms with Crippen molar-refractivity contribution in [3.63, 3.8) is 0 Å². The van der Waals surface area contributed by atoms with Crippen molar-refractivity contribution in [2.24, 2.45) is 11.7 Å².